The van der Waals surface area contributed by atoms with Crippen molar-refractivity contribution in [2.75, 3.05) is 52.4 Å². The van der Waals surface area contributed by atoms with E-state index >= 15 is 0 Å². The van der Waals surface area contributed by atoms with Gasteiger partial charge in [-0.05, 0) is 237 Å². The lowest BCUT2D eigenvalue weighted by Gasteiger charge is -2.17. The van der Waals surface area contributed by atoms with Crippen LogP contribution in [0.5, 0.6) is 23.0 Å². The van der Waals surface area contributed by atoms with Gasteiger partial charge >= 0.3 is 42.2 Å². The molecule has 6 unspecified atom stereocenters. The molecule has 10 aromatic carbocycles. The summed E-state index contributed by atoms with van der Waals surface area (Å²) in [5.74, 6) is -1.23. The fraction of sp³-hybridized carbons (Fsp3) is 0.363. The second kappa shape index (κ2) is 50.5. The second-order valence-corrected chi connectivity index (χ2v) is 38.5. The standard InChI is InChI=1S/C29H28N2O3.C21H19F6NO3.C21H32FNO2.C21H21NO4.C21H21NO3S/c32-29(33)24-14-11-22(18-24)17-21-12-15-27(16-13-21)34-20-25-19-28(23-7-3-1-4-8-23)31(30-25)26-9-5-2-6-10-26;22-20(23,24)16-7-14(8-17(9-16)21(25,26)27)12-31-18-3-1-13(2-4-18)10-28-6-5-15(11-28)19(29)30;1-2-3-4-5-6-7-8-9-18-10-12-19(13-11-18)16-23-15-14-21(22,17-23)20(24)25;2*23-21(24)17-9-10-22(13-17)12-15-5-7-18(8-6-15)25-14-19-11-16-3-1-2-4-20(16)26-19/h1-10,12-13,15-16,19,22,24H,11,14,17-18,20H2,(H,32,33);1-4,7-9,15H,5-6,10-12H2,(H,29,30);10-13H,2-9,14-17H2,1H3,(H,24,25);2*1-8,11,17H,9-10,12-14H2,(H,23,24). The van der Waals surface area contributed by atoms with Crippen LogP contribution in [0.25, 0.3) is 38.0 Å². The number of rotatable bonds is 37. The molecule has 0 amide bonds. The molecule has 6 atom stereocenters. The average Bonchev–Trinajstić information content (AvgIpc) is 1.36. The molecule has 4 saturated heterocycles. The number of hydrogen-bond donors (Lipinski definition) is 5. The molecule has 748 valence electrons. The van der Waals surface area contributed by atoms with E-state index in [0.717, 1.165) is 144 Å². The molecule has 13 aromatic rings. The lowest BCUT2D eigenvalue weighted by molar-refractivity contribution is -0.150. The number of aliphatic carboxylic acids is 5. The van der Waals surface area contributed by atoms with Crippen LogP contribution >= 0.6 is 11.3 Å². The Balaban J connectivity index is 0.000000142. The predicted octanol–water partition coefficient (Wildman–Crippen LogP) is 24.7. The third kappa shape index (κ3) is 31.4. The van der Waals surface area contributed by atoms with Crippen molar-refractivity contribution >= 4 is 62.2 Å². The minimum absolute atomic E-state index is 0.0118. The first-order valence-corrected chi connectivity index (χ1v) is 49.4. The topological polar surface area (TPSA) is 267 Å². The third-order valence-electron chi connectivity index (χ3n) is 26.4. The molecule has 21 nitrogen and oxygen atoms in total. The van der Waals surface area contributed by atoms with Gasteiger partial charge in [0.25, 0.3) is 0 Å². The summed E-state index contributed by atoms with van der Waals surface area (Å²) in [6.07, 6.45) is 6.16. The molecule has 142 heavy (non-hydrogen) atoms. The molecular formula is C113H121F7N6O15S. The Kier molecular flexibility index (Phi) is 37.2. The zero-order valence-corrected chi connectivity index (χ0v) is 80.3. The Morgan fingerprint density at radius 1 is 0.430 bits per heavy atom. The van der Waals surface area contributed by atoms with Gasteiger partial charge in [-0.3, -0.25) is 38.8 Å². The average molecular weight is 1970 g/mol. The van der Waals surface area contributed by atoms with Crippen LogP contribution in [0.4, 0.5) is 30.7 Å². The number of halogens is 7. The third-order valence-corrected chi connectivity index (χ3v) is 27.4. The van der Waals surface area contributed by atoms with E-state index in [-0.39, 0.29) is 42.3 Å². The number of furan rings is 1. The number of aromatic nitrogens is 2. The van der Waals surface area contributed by atoms with Crippen LogP contribution in [-0.2, 0) is 102 Å². The number of para-hydroxylation sites is 2. The maximum atomic E-state index is 14.1. The van der Waals surface area contributed by atoms with Crippen molar-refractivity contribution < 1.29 is 104 Å². The van der Waals surface area contributed by atoms with Gasteiger partial charge in [0.15, 0.2) is 0 Å². The number of carbonyl (C=O) groups is 5. The van der Waals surface area contributed by atoms with Crippen LogP contribution in [0.15, 0.2) is 271 Å². The molecule has 5 aliphatic rings. The van der Waals surface area contributed by atoms with Gasteiger partial charge in [0.05, 0.1) is 46.2 Å². The van der Waals surface area contributed by atoms with Crippen molar-refractivity contribution in [2.45, 2.75) is 180 Å². The van der Waals surface area contributed by atoms with E-state index in [1.807, 2.05) is 142 Å². The van der Waals surface area contributed by atoms with Gasteiger partial charge in [-0.1, -0.05) is 203 Å². The van der Waals surface area contributed by atoms with E-state index in [9.17, 15) is 59.8 Å². The summed E-state index contributed by atoms with van der Waals surface area (Å²) in [6, 6.07) is 83.5. The molecule has 1 aliphatic carbocycles. The number of hydrogen-bond acceptors (Lipinski definition) is 16. The van der Waals surface area contributed by atoms with Crippen molar-refractivity contribution in [1.82, 2.24) is 29.4 Å². The van der Waals surface area contributed by atoms with Crippen molar-refractivity contribution in [3.05, 3.63) is 333 Å². The van der Waals surface area contributed by atoms with Crippen molar-refractivity contribution in [3.63, 3.8) is 0 Å². The molecule has 4 aliphatic heterocycles. The van der Waals surface area contributed by atoms with E-state index in [1.54, 1.807) is 35.6 Å². The summed E-state index contributed by atoms with van der Waals surface area (Å²) in [5.41, 5.74) is 6.70. The zero-order valence-electron chi connectivity index (χ0n) is 79.5. The molecule has 0 spiro atoms. The summed E-state index contributed by atoms with van der Waals surface area (Å²) >= 11 is 1.76. The number of unbranched alkanes of at least 4 members (excludes halogenated alkanes) is 6. The molecule has 0 bridgehead atoms. The monoisotopic (exact) mass is 1970 g/mol. The Bertz CT molecular complexity index is 5920. The minimum atomic E-state index is -4.91. The number of fused-ring (bicyclic) bond motifs is 2. The fourth-order valence-electron chi connectivity index (χ4n) is 18.5. The lowest BCUT2D eigenvalue weighted by atomic mass is 9.97. The van der Waals surface area contributed by atoms with Gasteiger partial charge in [0.2, 0.25) is 5.67 Å². The quantitative estimate of drug-likeness (QED) is 0.0179. The van der Waals surface area contributed by atoms with E-state index in [4.69, 9.17) is 48.9 Å². The Labute approximate surface area is 826 Å². The Morgan fingerprint density at radius 3 is 1.37 bits per heavy atom. The first-order valence-electron chi connectivity index (χ1n) is 48.6. The number of ether oxygens (including phenoxy) is 4. The smallest absolute Gasteiger partial charge is 0.416 e. The minimum Gasteiger partial charge on any atom is -0.489 e. The number of thiophene rings is 1. The molecule has 5 N–H and O–H groups in total. The number of benzene rings is 10. The molecular weight excluding hydrogens is 1850 g/mol. The molecule has 7 heterocycles. The van der Waals surface area contributed by atoms with Crippen LogP contribution in [0.3, 0.4) is 0 Å². The summed E-state index contributed by atoms with van der Waals surface area (Å²) < 4.78 is 124. The Morgan fingerprint density at radius 2 is 0.880 bits per heavy atom. The predicted molar refractivity (Wildman–Crippen MR) is 531 cm³/mol. The lowest BCUT2D eigenvalue weighted by Crippen LogP contribution is -2.36. The van der Waals surface area contributed by atoms with Crippen molar-refractivity contribution in [3.8, 4) is 39.9 Å². The number of carboxylic acid groups (broad SMARTS) is 5. The highest BCUT2D eigenvalue weighted by Crippen LogP contribution is 2.40. The zero-order chi connectivity index (χ0) is 100. The largest absolute Gasteiger partial charge is 0.489 e. The van der Waals surface area contributed by atoms with Gasteiger partial charge in [-0.25, -0.2) is 13.9 Å². The highest BCUT2D eigenvalue weighted by atomic mass is 32.1. The molecule has 3 aromatic heterocycles. The maximum absolute atomic E-state index is 14.1. The normalized spacial score (nSPS) is 18.2. The van der Waals surface area contributed by atoms with E-state index in [0.29, 0.717) is 95.9 Å². The first kappa shape index (κ1) is 105. The van der Waals surface area contributed by atoms with E-state index in [2.05, 4.69) is 114 Å². The Hall–Kier alpha value is -13.2. The van der Waals surface area contributed by atoms with E-state index in [1.165, 1.54) is 76.6 Å². The highest BCUT2D eigenvalue weighted by Gasteiger charge is 2.45. The molecule has 18 rings (SSSR count). The number of aryl methyl sites for hydroxylation is 1. The van der Waals surface area contributed by atoms with Crippen LogP contribution in [-0.4, -0.2) is 143 Å². The van der Waals surface area contributed by atoms with Crippen LogP contribution in [0.1, 0.15) is 163 Å². The molecule has 1 saturated carbocycles. The van der Waals surface area contributed by atoms with Gasteiger partial charge < -0.3 is 48.9 Å². The van der Waals surface area contributed by atoms with Crippen molar-refractivity contribution in [2.24, 2.45) is 29.6 Å². The van der Waals surface area contributed by atoms with Crippen LogP contribution < -0.4 is 18.9 Å². The number of likely N-dealkylation sites (tertiary alicyclic amines) is 4. The second-order valence-electron chi connectivity index (χ2n) is 37.3. The summed E-state index contributed by atoms with van der Waals surface area (Å²) in [6.45, 7) is 10.4. The fourth-order valence-corrected chi connectivity index (χ4v) is 19.4. The molecule has 0 radical (unpaired) electrons. The number of nitrogens with zero attached hydrogens (tertiary/aromatic N) is 6. The molecule has 5 fully saturated rings. The van der Waals surface area contributed by atoms with Gasteiger partial charge in [0.1, 0.15) is 66.5 Å². The van der Waals surface area contributed by atoms with E-state index < -0.39 is 71.5 Å². The van der Waals surface area contributed by atoms with Gasteiger partial charge in [-0.15, -0.1) is 11.3 Å². The van der Waals surface area contributed by atoms with Gasteiger partial charge in [-0.2, -0.15) is 31.4 Å². The maximum Gasteiger partial charge on any atom is 0.416 e. The SMILES string of the molecule is CCCCCCCCCc1ccc(CN2CCC(F)(C(=O)O)C2)cc1.O=C(O)C1CCC(Cc2ccc(OCc3cc(-c4ccccc4)n(-c4ccccc4)n3)cc2)C1.O=C(O)C1CCN(Cc2ccc(OCc3cc(C(F)(F)F)cc(C(F)(F)F)c3)cc2)C1.O=C(O)C1CCN(Cc2ccc(OCc3cc4ccccc4o3)cc2)C1.O=C(O)C1CCN(Cc2ccc(OCc3cc4ccccc4s3)cc2)C1. The summed E-state index contributed by atoms with van der Waals surface area (Å²) in [5, 5.41) is 52.5. The number of alkyl halides is 7. The van der Waals surface area contributed by atoms with Crippen LogP contribution in [0.2, 0.25) is 0 Å². The summed E-state index contributed by atoms with van der Waals surface area (Å²) in [7, 11) is 0. The molecule has 29 heteroatoms. The summed E-state index contributed by atoms with van der Waals surface area (Å²) in [4.78, 5) is 64.7. The van der Waals surface area contributed by atoms with Gasteiger partial charge in [0, 0.05) is 85.9 Å². The van der Waals surface area contributed by atoms with Crippen LogP contribution in [0, 0.1) is 29.6 Å². The number of carboxylic acids is 5. The first-order chi connectivity index (χ1) is 68.4. The highest BCUT2D eigenvalue weighted by molar-refractivity contribution is 7.19. The van der Waals surface area contributed by atoms with Crippen molar-refractivity contribution in [1.29, 1.82) is 0 Å².